The highest BCUT2D eigenvalue weighted by Gasteiger charge is 2.01. The van der Waals surface area contributed by atoms with Gasteiger partial charge >= 0.3 is 0 Å². The second-order valence-electron chi connectivity index (χ2n) is 2.75. The molecule has 13 heavy (non-hydrogen) atoms. The normalized spacial score (nSPS) is 12.2. The van der Waals surface area contributed by atoms with Crippen LogP contribution in [0.1, 0.15) is 6.92 Å². The van der Waals surface area contributed by atoms with E-state index in [9.17, 15) is 0 Å². The van der Waals surface area contributed by atoms with Gasteiger partial charge in [-0.15, -0.1) is 0 Å². The Kier molecular flexibility index (Phi) is 8.59. The minimum Gasteiger partial charge on any atom is -0.383 e. The zero-order valence-corrected chi connectivity index (χ0v) is 10.1. The van der Waals surface area contributed by atoms with Crippen LogP contribution < -0.4 is 10.6 Å². The van der Waals surface area contributed by atoms with Gasteiger partial charge in [0.1, 0.15) is 0 Å². The first-order valence-electron chi connectivity index (χ1n) is 4.23. The number of nitrogens with one attached hydrogen (secondary N) is 2. The monoisotopic (exact) mass is 222 g/mol. The van der Waals surface area contributed by atoms with Crippen LogP contribution >= 0.6 is 24.0 Å². The van der Waals surface area contributed by atoms with Crippen molar-refractivity contribution >= 4 is 29.1 Å². The molecule has 1 unspecified atom stereocenters. The van der Waals surface area contributed by atoms with E-state index in [-0.39, 0.29) is 0 Å². The SMILES string of the molecule is COCCNC(=S)NC(C)CSC. The maximum absolute atomic E-state index is 5.07. The van der Waals surface area contributed by atoms with Gasteiger partial charge in [0.15, 0.2) is 5.11 Å². The van der Waals surface area contributed by atoms with Gasteiger partial charge in [0.05, 0.1) is 6.61 Å². The lowest BCUT2D eigenvalue weighted by molar-refractivity contribution is 0.204. The Hall–Kier alpha value is 0. The highest BCUT2D eigenvalue weighted by atomic mass is 32.2. The average Bonchev–Trinajstić information content (AvgIpc) is 2.05. The molecule has 0 spiro atoms. The smallest absolute Gasteiger partial charge is 0.166 e. The zero-order chi connectivity index (χ0) is 10.1. The van der Waals surface area contributed by atoms with Crippen molar-refractivity contribution in [1.29, 1.82) is 0 Å². The lowest BCUT2D eigenvalue weighted by atomic mass is 10.4. The van der Waals surface area contributed by atoms with Crippen LogP contribution in [0.3, 0.4) is 0 Å². The minimum atomic E-state index is 0.414. The van der Waals surface area contributed by atoms with Gasteiger partial charge < -0.3 is 15.4 Å². The van der Waals surface area contributed by atoms with Crippen molar-refractivity contribution in [3.63, 3.8) is 0 Å². The van der Waals surface area contributed by atoms with Crippen LogP contribution in [0.2, 0.25) is 0 Å². The van der Waals surface area contributed by atoms with Gasteiger partial charge in [-0.25, -0.2) is 0 Å². The molecule has 0 aromatic carbocycles. The highest BCUT2D eigenvalue weighted by molar-refractivity contribution is 7.98. The first-order valence-corrected chi connectivity index (χ1v) is 6.03. The molecule has 0 rings (SSSR count). The summed E-state index contributed by atoms with van der Waals surface area (Å²) in [6, 6.07) is 0.414. The molecule has 0 aliphatic heterocycles. The Morgan fingerprint density at radius 3 is 2.85 bits per heavy atom. The summed E-state index contributed by atoms with van der Waals surface area (Å²) >= 11 is 6.88. The van der Waals surface area contributed by atoms with Crippen molar-refractivity contribution in [3.8, 4) is 0 Å². The predicted molar refractivity (Wildman–Crippen MR) is 63.5 cm³/mol. The molecule has 2 N–H and O–H groups in total. The molecule has 0 aromatic rings. The van der Waals surface area contributed by atoms with Gasteiger partial charge in [0, 0.05) is 25.4 Å². The maximum atomic E-state index is 5.07. The summed E-state index contributed by atoms with van der Waals surface area (Å²) in [7, 11) is 1.68. The molecule has 3 nitrogen and oxygen atoms in total. The number of thiocarbonyl (C=S) groups is 1. The van der Waals surface area contributed by atoms with E-state index in [1.807, 2.05) is 0 Å². The van der Waals surface area contributed by atoms with Crippen LogP contribution in [0.25, 0.3) is 0 Å². The molecule has 0 aliphatic rings. The summed E-state index contributed by atoms with van der Waals surface area (Å²) < 4.78 is 4.89. The number of methoxy groups -OCH3 is 1. The van der Waals surface area contributed by atoms with Crippen molar-refractivity contribution in [2.24, 2.45) is 0 Å². The van der Waals surface area contributed by atoms with Gasteiger partial charge in [-0.1, -0.05) is 0 Å². The fourth-order valence-corrected chi connectivity index (χ4v) is 1.72. The number of rotatable bonds is 6. The molecule has 0 saturated carbocycles. The molecule has 0 radical (unpaired) electrons. The van der Waals surface area contributed by atoms with Crippen molar-refractivity contribution in [1.82, 2.24) is 10.6 Å². The first-order chi connectivity index (χ1) is 6.20. The maximum Gasteiger partial charge on any atom is 0.166 e. The van der Waals surface area contributed by atoms with Crippen molar-refractivity contribution in [2.45, 2.75) is 13.0 Å². The molecular formula is C8H18N2OS2. The molecule has 0 saturated heterocycles. The molecule has 0 heterocycles. The van der Waals surface area contributed by atoms with E-state index in [0.717, 1.165) is 12.3 Å². The molecule has 1 atom stereocenters. The van der Waals surface area contributed by atoms with Crippen LogP contribution in [0.4, 0.5) is 0 Å². The second kappa shape index (κ2) is 8.59. The molecule has 0 aliphatic carbocycles. The summed E-state index contributed by atoms with van der Waals surface area (Å²) in [6.45, 7) is 3.55. The van der Waals surface area contributed by atoms with Crippen LogP contribution in [0, 0.1) is 0 Å². The zero-order valence-electron chi connectivity index (χ0n) is 8.42. The Labute approximate surface area is 90.0 Å². The molecule has 0 aromatic heterocycles. The van der Waals surface area contributed by atoms with E-state index in [0.29, 0.717) is 17.8 Å². The first kappa shape index (κ1) is 13.0. The van der Waals surface area contributed by atoms with E-state index in [2.05, 4.69) is 23.8 Å². The van der Waals surface area contributed by atoms with Gasteiger partial charge in [-0.3, -0.25) is 0 Å². The van der Waals surface area contributed by atoms with E-state index in [4.69, 9.17) is 17.0 Å². The third-order valence-corrected chi connectivity index (χ3v) is 2.48. The summed E-state index contributed by atoms with van der Waals surface area (Å²) in [5.74, 6) is 1.06. The number of hydrogen-bond acceptors (Lipinski definition) is 3. The van der Waals surface area contributed by atoms with E-state index in [1.165, 1.54) is 0 Å². The highest BCUT2D eigenvalue weighted by Crippen LogP contribution is 1.95. The topological polar surface area (TPSA) is 33.3 Å². The summed E-state index contributed by atoms with van der Waals surface area (Å²) in [6.07, 6.45) is 2.08. The van der Waals surface area contributed by atoms with Crippen LogP contribution in [0.5, 0.6) is 0 Å². The van der Waals surface area contributed by atoms with Crippen molar-refractivity contribution in [3.05, 3.63) is 0 Å². The van der Waals surface area contributed by atoms with Gasteiger partial charge in [0.2, 0.25) is 0 Å². The Balaban J connectivity index is 3.38. The van der Waals surface area contributed by atoms with E-state index in [1.54, 1.807) is 18.9 Å². The lowest BCUT2D eigenvalue weighted by Crippen LogP contribution is -2.42. The molecule has 0 fully saturated rings. The molecular weight excluding hydrogens is 204 g/mol. The lowest BCUT2D eigenvalue weighted by Gasteiger charge is -2.15. The largest absolute Gasteiger partial charge is 0.383 e. The molecule has 78 valence electrons. The summed E-state index contributed by atoms with van der Waals surface area (Å²) in [5.41, 5.74) is 0. The third kappa shape index (κ3) is 8.33. The molecule has 0 amide bonds. The average molecular weight is 222 g/mol. The third-order valence-electron chi connectivity index (χ3n) is 1.39. The fraction of sp³-hybridized carbons (Fsp3) is 0.875. The van der Waals surface area contributed by atoms with Crippen LogP contribution in [-0.4, -0.2) is 43.4 Å². The van der Waals surface area contributed by atoms with Crippen molar-refractivity contribution in [2.75, 3.05) is 32.3 Å². The number of ether oxygens (including phenoxy) is 1. The van der Waals surface area contributed by atoms with E-state index < -0.39 is 0 Å². The fourth-order valence-electron chi connectivity index (χ4n) is 0.833. The Bertz CT molecular complexity index is 144. The van der Waals surface area contributed by atoms with E-state index >= 15 is 0 Å². The molecule has 0 bridgehead atoms. The van der Waals surface area contributed by atoms with Crippen LogP contribution in [-0.2, 0) is 4.74 Å². The quantitative estimate of drug-likeness (QED) is 0.514. The van der Waals surface area contributed by atoms with Crippen molar-refractivity contribution < 1.29 is 4.74 Å². The molecule has 5 heteroatoms. The van der Waals surface area contributed by atoms with Gasteiger partial charge in [-0.2, -0.15) is 11.8 Å². The second-order valence-corrected chi connectivity index (χ2v) is 4.07. The Morgan fingerprint density at radius 2 is 2.31 bits per heavy atom. The predicted octanol–water partition coefficient (Wildman–Crippen LogP) is 0.848. The number of hydrogen-bond donors (Lipinski definition) is 2. The standard InChI is InChI=1S/C8H18N2OS2/c1-7(6-13-3)10-8(12)9-4-5-11-2/h7H,4-6H2,1-3H3,(H2,9,10,12). The Morgan fingerprint density at radius 1 is 1.62 bits per heavy atom. The minimum absolute atomic E-state index is 0.414. The summed E-state index contributed by atoms with van der Waals surface area (Å²) in [5, 5.41) is 6.95. The van der Waals surface area contributed by atoms with Gasteiger partial charge in [0.25, 0.3) is 0 Å². The van der Waals surface area contributed by atoms with Gasteiger partial charge in [-0.05, 0) is 25.4 Å². The van der Waals surface area contributed by atoms with Crippen LogP contribution in [0.15, 0.2) is 0 Å². The number of thioether (sulfide) groups is 1. The summed E-state index contributed by atoms with van der Waals surface area (Å²) in [4.78, 5) is 0.